The lowest BCUT2D eigenvalue weighted by Crippen LogP contribution is -2.52. The van der Waals surface area contributed by atoms with E-state index in [1.165, 1.54) is 35.2 Å². The highest BCUT2D eigenvalue weighted by Crippen LogP contribution is 2.34. The highest BCUT2D eigenvalue weighted by molar-refractivity contribution is 7.92. The van der Waals surface area contributed by atoms with Crippen molar-refractivity contribution in [1.82, 2.24) is 10.2 Å². The fourth-order valence-corrected chi connectivity index (χ4v) is 5.93. The molecule has 1 aliphatic rings. The van der Waals surface area contributed by atoms with Gasteiger partial charge in [-0.15, -0.1) is 0 Å². The molecule has 3 aromatic carbocycles. The summed E-state index contributed by atoms with van der Waals surface area (Å²) in [4.78, 5) is 28.3. The zero-order chi connectivity index (χ0) is 30.4. The Hall–Kier alpha value is -3.83. The first-order valence-corrected chi connectivity index (χ1v) is 15.3. The van der Waals surface area contributed by atoms with Crippen molar-refractivity contribution in [3.05, 3.63) is 83.1 Å². The number of hydrogen-bond donors (Lipinski definition) is 1. The summed E-state index contributed by atoms with van der Waals surface area (Å²) in [6, 6.07) is 14.7. The van der Waals surface area contributed by atoms with Gasteiger partial charge in [-0.3, -0.25) is 13.9 Å². The molecule has 0 aromatic heterocycles. The molecule has 2 amide bonds. The zero-order valence-electron chi connectivity index (χ0n) is 23.5. The van der Waals surface area contributed by atoms with Gasteiger partial charge in [0.05, 0.1) is 10.6 Å². The number of carbonyl (C=O) groups is 2. The monoisotopic (exact) mass is 617 g/mol. The first-order chi connectivity index (χ1) is 20.0. The fraction of sp³-hybridized carbons (Fsp3) is 0.333. The molecule has 1 aliphatic heterocycles. The number of benzene rings is 3. The van der Waals surface area contributed by atoms with E-state index < -0.39 is 40.2 Å². The fourth-order valence-electron chi connectivity index (χ4n) is 4.31. The van der Waals surface area contributed by atoms with Gasteiger partial charge in [-0.05, 0) is 68.3 Å². The number of fused-ring (bicyclic) bond motifs is 1. The third-order valence-electron chi connectivity index (χ3n) is 6.96. The number of anilines is 1. The molecule has 0 bridgehead atoms. The maximum absolute atomic E-state index is 14.0. The molecular weight excluding hydrogens is 585 g/mol. The lowest BCUT2D eigenvalue weighted by Gasteiger charge is -2.32. The second kappa shape index (κ2) is 13.4. The average Bonchev–Trinajstić information content (AvgIpc) is 2.99. The van der Waals surface area contributed by atoms with Crippen LogP contribution in [-0.2, 0) is 26.2 Å². The maximum Gasteiger partial charge on any atom is 0.264 e. The van der Waals surface area contributed by atoms with Gasteiger partial charge in [0.15, 0.2) is 11.5 Å². The van der Waals surface area contributed by atoms with Crippen molar-refractivity contribution < 1.29 is 31.9 Å². The molecule has 224 valence electrons. The van der Waals surface area contributed by atoms with Crippen LogP contribution in [0.5, 0.6) is 11.5 Å². The highest BCUT2D eigenvalue weighted by atomic mass is 35.5. The Bertz CT molecular complexity index is 1540. The first kappa shape index (κ1) is 31.1. The number of hydrogen-bond acceptors (Lipinski definition) is 6. The molecule has 0 radical (unpaired) electrons. The number of sulfonamides is 1. The third-order valence-corrected chi connectivity index (χ3v) is 9.10. The van der Waals surface area contributed by atoms with E-state index in [1.807, 2.05) is 13.8 Å². The largest absolute Gasteiger partial charge is 0.486 e. The van der Waals surface area contributed by atoms with E-state index in [0.29, 0.717) is 29.4 Å². The number of halogens is 2. The number of nitrogens with zero attached hydrogens (tertiary/aromatic N) is 2. The number of nitrogens with one attached hydrogen (secondary N) is 1. The molecule has 2 atom stereocenters. The van der Waals surface area contributed by atoms with Crippen LogP contribution in [0.25, 0.3) is 0 Å². The van der Waals surface area contributed by atoms with Crippen molar-refractivity contribution in [3.63, 3.8) is 0 Å². The Morgan fingerprint density at radius 3 is 2.33 bits per heavy atom. The second-order valence-electron chi connectivity index (χ2n) is 9.90. The molecule has 0 saturated carbocycles. The van der Waals surface area contributed by atoms with Crippen molar-refractivity contribution in [1.29, 1.82) is 0 Å². The van der Waals surface area contributed by atoms with Gasteiger partial charge in [0, 0.05) is 23.7 Å². The van der Waals surface area contributed by atoms with Crippen LogP contribution >= 0.6 is 11.6 Å². The predicted molar refractivity (Wildman–Crippen MR) is 158 cm³/mol. The van der Waals surface area contributed by atoms with Crippen molar-refractivity contribution in [2.24, 2.45) is 0 Å². The summed E-state index contributed by atoms with van der Waals surface area (Å²) >= 11 is 6.39. The molecule has 4 rings (SSSR count). The number of rotatable bonds is 11. The molecule has 9 nitrogen and oxygen atoms in total. The van der Waals surface area contributed by atoms with Gasteiger partial charge < -0.3 is 19.7 Å². The van der Waals surface area contributed by atoms with Gasteiger partial charge in [0.1, 0.15) is 31.6 Å². The summed E-state index contributed by atoms with van der Waals surface area (Å²) < 4.78 is 53.8. The molecule has 42 heavy (non-hydrogen) atoms. The normalized spacial score (nSPS) is 14.0. The van der Waals surface area contributed by atoms with Crippen LogP contribution in [-0.4, -0.2) is 57.0 Å². The summed E-state index contributed by atoms with van der Waals surface area (Å²) in [5.41, 5.74) is 0.646. The standard InChI is InChI=1S/C30H33ClFN3O6S/c1-4-20(2)33-30(37)21(3)34(18-22-7-5-6-8-26(22)31)29(36)19-35(24-11-9-23(32)10-12-24)42(38,39)25-13-14-27-28(17-25)41-16-15-40-27/h5-14,17,20-21H,4,15-16,18-19H2,1-3H3,(H,33,37). The summed E-state index contributed by atoms with van der Waals surface area (Å²) in [6.45, 7) is 5.21. The minimum Gasteiger partial charge on any atom is -0.486 e. The molecular formula is C30H33ClFN3O6S. The summed E-state index contributed by atoms with van der Waals surface area (Å²) in [5.74, 6) is -0.975. The lowest BCUT2D eigenvalue weighted by molar-refractivity contribution is -0.139. The topological polar surface area (TPSA) is 105 Å². The van der Waals surface area contributed by atoms with E-state index in [9.17, 15) is 22.4 Å². The molecule has 12 heteroatoms. The Morgan fingerprint density at radius 1 is 1.00 bits per heavy atom. The van der Waals surface area contributed by atoms with Crippen LogP contribution in [0.2, 0.25) is 5.02 Å². The Kier molecular flexibility index (Phi) is 9.95. The third kappa shape index (κ3) is 7.14. The SMILES string of the molecule is CCC(C)NC(=O)C(C)N(Cc1ccccc1Cl)C(=O)CN(c1ccc(F)cc1)S(=O)(=O)c1ccc2c(c1)OCCO2. The van der Waals surface area contributed by atoms with Crippen molar-refractivity contribution >= 4 is 39.1 Å². The van der Waals surface area contributed by atoms with Crippen molar-refractivity contribution in [2.75, 3.05) is 24.1 Å². The molecule has 2 unspecified atom stereocenters. The van der Waals surface area contributed by atoms with Crippen molar-refractivity contribution in [3.8, 4) is 11.5 Å². The van der Waals surface area contributed by atoms with Gasteiger partial charge in [0.25, 0.3) is 10.0 Å². The summed E-state index contributed by atoms with van der Waals surface area (Å²) in [6.07, 6.45) is 0.684. The summed E-state index contributed by atoms with van der Waals surface area (Å²) in [7, 11) is -4.38. The van der Waals surface area contributed by atoms with Gasteiger partial charge >= 0.3 is 0 Å². The van der Waals surface area contributed by atoms with Crippen LogP contribution < -0.4 is 19.1 Å². The quantitative estimate of drug-likeness (QED) is 0.332. The maximum atomic E-state index is 14.0. The smallest absolute Gasteiger partial charge is 0.264 e. The molecule has 1 N–H and O–H groups in total. The number of carbonyl (C=O) groups excluding carboxylic acids is 2. The van der Waals surface area contributed by atoms with Crippen LogP contribution in [0.1, 0.15) is 32.8 Å². The Balaban J connectivity index is 1.72. The first-order valence-electron chi connectivity index (χ1n) is 13.5. The van der Waals surface area contributed by atoms with E-state index in [1.54, 1.807) is 31.2 Å². The number of ether oxygens (including phenoxy) is 2. The van der Waals surface area contributed by atoms with Crippen LogP contribution in [0, 0.1) is 5.82 Å². The zero-order valence-corrected chi connectivity index (χ0v) is 25.1. The molecule has 0 spiro atoms. The molecule has 3 aromatic rings. The number of amides is 2. The predicted octanol–water partition coefficient (Wildman–Crippen LogP) is 4.78. The van der Waals surface area contributed by atoms with Gasteiger partial charge in [-0.25, -0.2) is 12.8 Å². The summed E-state index contributed by atoms with van der Waals surface area (Å²) in [5, 5.41) is 3.27. The van der Waals surface area contributed by atoms with Crippen molar-refractivity contribution in [2.45, 2.75) is 50.7 Å². The minimum absolute atomic E-state index is 0.0467. The van der Waals surface area contributed by atoms with Crippen LogP contribution in [0.3, 0.4) is 0 Å². The van der Waals surface area contributed by atoms with E-state index in [-0.39, 0.29) is 35.5 Å². The van der Waals surface area contributed by atoms with Crippen LogP contribution in [0.4, 0.5) is 10.1 Å². The van der Waals surface area contributed by atoms with Gasteiger partial charge in [-0.2, -0.15) is 0 Å². The van der Waals surface area contributed by atoms with Crippen LogP contribution in [0.15, 0.2) is 71.6 Å². The van der Waals surface area contributed by atoms with E-state index in [4.69, 9.17) is 21.1 Å². The highest BCUT2D eigenvalue weighted by Gasteiger charge is 2.33. The molecule has 0 saturated heterocycles. The van der Waals surface area contributed by atoms with Gasteiger partial charge in [-0.1, -0.05) is 36.7 Å². The van der Waals surface area contributed by atoms with E-state index in [2.05, 4.69) is 5.32 Å². The molecule has 1 heterocycles. The Morgan fingerprint density at radius 2 is 1.67 bits per heavy atom. The Labute approximate surface area is 250 Å². The van der Waals surface area contributed by atoms with Gasteiger partial charge in [0.2, 0.25) is 11.8 Å². The second-order valence-corrected chi connectivity index (χ2v) is 12.2. The molecule has 0 aliphatic carbocycles. The molecule has 0 fully saturated rings. The lowest BCUT2D eigenvalue weighted by atomic mass is 10.1. The minimum atomic E-state index is -4.38. The average molecular weight is 618 g/mol. The van der Waals surface area contributed by atoms with E-state index >= 15 is 0 Å². The van der Waals surface area contributed by atoms with E-state index in [0.717, 1.165) is 16.4 Å².